The Morgan fingerprint density at radius 3 is 2.27 bits per heavy atom. The highest BCUT2D eigenvalue weighted by molar-refractivity contribution is 5.88. The molecule has 5 rings (SSSR count). The fourth-order valence-electron chi connectivity index (χ4n) is 3.63. The van der Waals surface area contributed by atoms with Gasteiger partial charge in [0.2, 0.25) is 0 Å². The Labute approximate surface area is 185 Å². The second-order valence-corrected chi connectivity index (χ2v) is 7.41. The van der Waals surface area contributed by atoms with Crippen LogP contribution >= 0.6 is 0 Å². The minimum absolute atomic E-state index is 0.0314. The highest BCUT2D eigenvalue weighted by atomic mass is 16.5. The highest BCUT2D eigenvalue weighted by Gasteiger charge is 2.11. The number of anilines is 1. The molecule has 0 saturated carbocycles. The third-order valence-electron chi connectivity index (χ3n) is 5.34. The molecule has 0 atom stereocenters. The topological polar surface area (TPSA) is 142 Å². The minimum Gasteiger partial charge on any atom is -0.507 e. The molecule has 0 amide bonds. The van der Waals surface area contributed by atoms with Gasteiger partial charge in [0.15, 0.2) is 11.3 Å². The van der Waals surface area contributed by atoms with Gasteiger partial charge < -0.3 is 20.8 Å². The van der Waals surface area contributed by atoms with E-state index in [1.54, 1.807) is 18.2 Å². The van der Waals surface area contributed by atoms with E-state index in [4.69, 9.17) is 0 Å². The first-order valence-electron chi connectivity index (χ1n) is 9.89. The number of aromatic hydroxyl groups is 1. The van der Waals surface area contributed by atoms with Gasteiger partial charge in [0.1, 0.15) is 5.75 Å². The van der Waals surface area contributed by atoms with Crippen molar-refractivity contribution in [2.24, 2.45) is 0 Å². The molecule has 0 aliphatic heterocycles. The van der Waals surface area contributed by atoms with E-state index in [2.05, 4.69) is 15.3 Å². The lowest BCUT2D eigenvalue weighted by Gasteiger charge is -2.11. The first-order valence-corrected chi connectivity index (χ1v) is 9.89. The molecule has 0 aliphatic carbocycles. The summed E-state index contributed by atoms with van der Waals surface area (Å²) in [5, 5.41) is 33.8. The van der Waals surface area contributed by atoms with Crippen molar-refractivity contribution in [1.29, 1.82) is 0 Å². The fraction of sp³-hybridized carbons (Fsp3) is 0.0435. The van der Waals surface area contributed by atoms with E-state index in [9.17, 15) is 25.1 Å². The van der Waals surface area contributed by atoms with Crippen LogP contribution in [-0.2, 0) is 6.54 Å². The number of benzene rings is 1. The van der Waals surface area contributed by atoms with Crippen LogP contribution in [-0.4, -0.2) is 34.9 Å². The van der Waals surface area contributed by atoms with Crippen molar-refractivity contribution < 1.29 is 15.5 Å². The zero-order chi connectivity index (χ0) is 23.1. The molecule has 0 radical (unpaired) electrons. The maximum absolute atomic E-state index is 12.0. The quantitative estimate of drug-likeness (QED) is 0.311. The standard InChI is InChI=1S/C23H17N5O5/c29-19-10-21(31)28(33)23-17(19)8-15(12-26-23)14-5-3-13(4-6-14)11-25-18-9-20(30)27(32)22-16(18)2-1-7-24-22/h1-10,12,25,29,32-33H,11H2. The molecule has 33 heavy (non-hydrogen) atoms. The molecule has 0 aliphatic rings. The summed E-state index contributed by atoms with van der Waals surface area (Å²) >= 11 is 0. The maximum Gasteiger partial charge on any atom is 0.288 e. The van der Waals surface area contributed by atoms with Crippen molar-refractivity contribution in [1.82, 2.24) is 19.4 Å². The van der Waals surface area contributed by atoms with E-state index in [-0.39, 0.29) is 22.4 Å². The number of pyridine rings is 4. The average Bonchev–Trinajstić information content (AvgIpc) is 2.84. The molecule has 0 unspecified atom stereocenters. The Bertz CT molecular complexity index is 1640. The number of hydrogen-bond acceptors (Lipinski definition) is 8. The summed E-state index contributed by atoms with van der Waals surface area (Å²) in [6.45, 7) is 0.423. The lowest BCUT2D eigenvalue weighted by Crippen LogP contribution is -2.19. The number of nitrogens with zero attached hydrogens (tertiary/aromatic N) is 4. The number of fused-ring (bicyclic) bond motifs is 2. The van der Waals surface area contributed by atoms with Gasteiger partial charge >= 0.3 is 0 Å². The van der Waals surface area contributed by atoms with E-state index >= 15 is 0 Å². The van der Waals surface area contributed by atoms with Crippen LogP contribution in [0.3, 0.4) is 0 Å². The largest absolute Gasteiger partial charge is 0.507 e. The van der Waals surface area contributed by atoms with Gasteiger partial charge in [-0.1, -0.05) is 24.3 Å². The highest BCUT2D eigenvalue weighted by Crippen LogP contribution is 2.27. The van der Waals surface area contributed by atoms with Gasteiger partial charge in [0.05, 0.1) is 11.1 Å². The van der Waals surface area contributed by atoms with Crippen LogP contribution in [0.5, 0.6) is 5.75 Å². The molecule has 1 aromatic carbocycles. The first kappa shape index (κ1) is 20.1. The number of rotatable bonds is 4. The molecule has 4 heterocycles. The number of hydrogen-bond donors (Lipinski definition) is 4. The summed E-state index contributed by atoms with van der Waals surface area (Å²) in [6, 6.07) is 14.9. The molecule has 5 aromatic rings. The van der Waals surface area contributed by atoms with Gasteiger partial charge in [0.25, 0.3) is 11.1 Å². The van der Waals surface area contributed by atoms with Crippen LogP contribution in [0.1, 0.15) is 5.56 Å². The Morgan fingerprint density at radius 2 is 1.52 bits per heavy atom. The van der Waals surface area contributed by atoms with Gasteiger partial charge in [-0.15, -0.1) is 9.46 Å². The molecule has 0 saturated heterocycles. The summed E-state index contributed by atoms with van der Waals surface area (Å²) in [7, 11) is 0. The van der Waals surface area contributed by atoms with Crippen molar-refractivity contribution >= 4 is 27.8 Å². The van der Waals surface area contributed by atoms with Gasteiger partial charge in [-0.2, -0.15) is 0 Å². The van der Waals surface area contributed by atoms with Gasteiger partial charge in [0, 0.05) is 42.0 Å². The summed E-state index contributed by atoms with van der Waals surface area (Å²) in [5.41, 5.74) is 1.79. The summed E-state index contributed by atoms with van der Waals surface area (Å²) < 4.78 is 0.906. The van der Waals surface area contributed by atoms with E-state index in [1.165, 1.54) is 18.5 Å². The molecule has 0 fully saturated rings. The zero-order valence-electron chi connectivity index (χ0n) is 17.0. The van der Waals surface area contributed by atoms with Crippen LogP contribution in [0.15, 0.2) is 76.6 Å². The van der Waals surface area contributed by atoms with Gasteiger partial charge in [-0.25, -0.2) is 9.97 Å². The lowest BCUT2D eigenvalue weighted by molar-refractivity contribution is 0.186. The zero-order valence-corrected chi connectivity index (χ0v) is 17.0. The molecular formula is C23H17N5O5. The molecule has 10 heteroatoms. The average molecular weight is 443 g/mol. The maximum atomic E-state index is 12.0. The molecule has 164 valence electrons. The monoisotopic (exact) mass is 443 g/mol. The van der Waals surface area contributed by atoms with E-state index in [0.29, 0.717) is 32.6 Å². The predicted octanol–water partition coefficient (Wildman–Crippen LogP) is 2.57. The van der Waals surface area contributed by atoms with Crippen molar-refractivity contribution in [2.45, 2.75) is 6.54 Å². The normalized spacial score (nSPS) is 11.2. The van der Waals surface area contributed by atoms with Crippen LogP contribution in [0.4, 0.5) is 5.69 Å². The van der Waals surface area contributed by atoms with Crippen LogP contribution in [0, 0.1) is 0 Å². The summed E-state index contributed by atoms with van der Waals surface area (Å²) in [4.78, 5) is 31.7. The summed E-state index contributed by atoms with van der Waals surface area (Å²) in [5.74, 6) is -0.262. The Morgan fingerprint density at radius 1 is 0.818 bits per heavy atom. The first-order chi connectivity index (χ1) is 15.9. The van der Waals surface area contributed by atoms with Crippen molar-refractivity contribution in [3.05, 3.63) is 93.3 Å². The predicted molar refractivity (Wildman–Crippen MR) is 121 cm³/mol. The molecule has 4 aromatic heterocycles. The van der Waals surface area contributed by atoms with Crippen molar-refractivity contribution in [3.63, 3.8) is 0 Å². The third kappa shape index (κ3) is 3.49. The SMILES string of the molecule is O=c1cc(O)c2cc(-c3ccc(CNc4cc(=O)n(O)c5ncccc45)cc3)cnc2n1O. The minimum atomic E-state index is -0.767. The second-order valence-electron chi connectivity index (χ2n) is 7.41. The smallest absolute Gasteiger partial charge is 0.288 e. The molecule has 0 spiro atoms. The van der Waals surface area contributed by atoms with Gasteiger partial charge in [-0.3, -0.25) is 9.59 Å². The van der Waals surface area contributed by atoms with Crippen molar-refractivity contribution in [2.75, 3.05) is 5.32 Å². The van der Waals surface area contributed by atoms with Crippen LogP contribution in [0.25, 0.3) is 33.2 Å². The second kappa shape index (κ2) is 7.68. The molecule has 10 nitrogen and oxygen atoms in total. The number of aromatic nitrogens is 4. The molecule has 0 bridgehead atoms. The van der Waals surface area contributed by atoms with E-state index in [1.807, 2.05) is 24.3 Å². The molecule has 4 N–H and O–H groups in total. The Kier molecular flexibility index (Phi) is 4.67. The van der Waals surface area contributed by atoms with Crippen LogP contribution in [0.2, 0.25) is 0 Å². The van der Waals surface area contributed by atoms with Crippen molar-refractivity contribution in [3.8, 4) is 16.9 Å². The van der Waals surface area contributed by atoms with Gasteiger partial charge in [-0.05, 0) is 29.3 Å². The lowest BCUT2D eigenvalue weighted by atomic mass is 10.0. The summed E-state index contributed by atoms with van der Waals surface area (Å²) in [6.07, 6.45) is 3.00. The third-order valence-corrected chi connectivity index (χ3v) is 5.34. The fourth-order valence-corrected chi connectivity index (χ4v) is 3.63. The van der Waals surface area contributed by atoms with E-state index in [0.717, 1.165) is 17.2 Å². The number of nitrogens with one attached hydrogen (secondary N) is 1. The Hall–Kier alpha value is -4.86. The molecular weight excluding hydrogens is 426 g/mol. The van der Waals surface area contributed by atoms with Crippen LogP contribution < -0.4 is 16.4 Å². The Balaban J connectivity index is 1.41. The van der Waals surface area contributed by atoms with E-state index < -0.39 is 11.1 Å².